The monoisotopic (exact) mass is 279 g/mol. The highest BCUT2D eigenvalue weighted by Gasteiger charge is 2.09. The lowest BCUT2D eigenvalue weighted by molar-refractivity contribution is 0.426. The number of hydrogen-bond donors (Lipinski definition) is 2. The van der Waals surface area contributed by atoms with Crippen molar-refractivity contribution in [2.75, 3.05) is 0 Å². The van der Waals surface area contributed by atoms with Crippen molar-refractivity contribution in [1.82, 2.24) is 4.98 Å². The molecule has 0 aliphatic heterocycles. The van der Waals surface area contributed by atoms with Crippen molar-refractivity contribution >= 4 is 35.9 Å². The normalized spacial score (nSPS) is 10.4. The molecular weight excluding hydrogens is 268 g/mol. The van der Waals surface area contributed by atoms with Crippen LogP contribution < -0.4 is 5.46 Å². The van der Waals surface area contributed by atoms with E-state index in [1.54, 1.807) is 30.1 Å². The molecule has 2 rings (SSSR count). The summed E-state index contributed by atoms with van der Waals surface area (Å²) in [6.45, 7) is 0. The zero-order valence-electron chi connectivity index (χ0n) is 9.45. The molecule has 0 saturated heterocycles. The highest BCUT2D eigenvalue weighted by atomic mass is 35.5. The summed E-state index contributed by atoms with van der Waals surface area (Å²) >= 11 is 7.36. The van der Waals surface area contributed by atoms with Gasteiger partial charge in [-0.25, -0.2) is 4.98 Å². The topological polar surface area (TPSA) is 53.4 Å². The molecule has 2 N–H and O–H groups in total. The van der Waals surface area contributed by atoms with Crippen LogP contribution in [0.5, 0.6) is 0 Å². The number of halogens is 1. The summed E-state index contributed by atoms with van der Waals surface area (Å²) in [6.07, 6.45) is 1.62. The van der Waals surface area contributed by atoms with Gasteiger partial charge in [0.2, 0.25) is 0 Å². The average molecular weight is 280 g/mol. The first-order chi connectivity index (χ1) is 8.65. The second kappa shape index (κ2) is 6.25. The van der Waals surface area contributed by atoms with Gasteiger partial charge in [-0.2, -0.15) is 0 Å². The minimum absolute atomic E-state index is 0.494. The molecule has 2 aromatic rings. The summed E-state index contributed by atoms with van der Waals surface area (Å²) in [7, 11) is -1.41. The standard InChI is InChI=1S/C12H11BClNO2S/c14-11-5-6-12(15-7-11)18-8-9-1-3-10(4-2-9)13(16)17/h1-7,16-17H,8H2. The van der Waals surface area contributed by atoms with Crippen LogP contribution in [0, 0.1) is 0 Å². The number of benzene rings is 1. The molecule has 0 amide bonds. The third-order valence-electron chi connectivity index (χ3n) is 2.36. The van der Waals surface area contributed by atoms with Crippen molar-refractivity contribution in [2.24, 2.45) is 0 Å². The van der Waals surface area contributed by atoms with Gasteiger partial charge in [0.1, 0.15) is 0 Å². The second-order valence-electron chi connectivity index (χ2n) is 3.72. The van der Waals surface area contributed by atoms with Gasteiger partial charge in [0.15, 0.2) is 0 Å². The Balaban J connectivity index is 1.95. The molecule has 0 radical (unpaired) electrons. The molecule has 0 unspecified atom stereocenters. The Kier molecular flexibility index (Phi) is 4.66. The van der Waals surface area contributed by atoms with Crippen molar-refractivity contribution in [1.29, 1.82) is 0 Å². The van der Waals surface area contributed by atoms with Crippen molar-refractivity contribution in [3.63, 3.8) is 0 Å². The minimum Gasteiger partial charge on any atom is -0.423 e. The molecule has 0 bridgehead atoms. The molecule has 0 saturated carbocycles. The van der Waals surface area contributed by atoms with Crippen molar-refractivity contribution in [3.05, 3.63) is 53.2 Å². The first-order valence-corrected chi connectivity index (χ1v) is 6.71. The van der Waals surface area contributed by atoms with Crippen LogP contribution in [0.3, 0.4) is 0 Å². The van der Waals surface area contributed by atoms with E-state index in [1.807, 2.05) is 24.3 Å². The zero-order chi connectivity index (χ0) is 13.0. The van der Waals surface area contributed by atoms with E-state index in [4.69, 9.17) is 21.6 Å². The summed E-state index contributed by atoms with van der Waals surface area (Å²) in [6, 6.07) is 10.8. The number of nitrogens with zero attached hydrogens (tertiary/aromatic N) is 1. The number of aromatic nitrogens is 1. The van der Waals surface area contributed by atoms with Gasteiger partial charge in [-0.05, 0) is 23.2 Å². The van der Waals surface area contributed by atoms with Gasteiger partial charge in [-0.15, -0.1) is 11.8 Å². The zero-order valence-corrected chi connectivity index (χ0v) is 11.0. The van der Waals surface area contributed by atoms with Crippen LogP contribution in [0.4, 0.5) is 0 Å². The van der Waals surface area contributed by atoms with Crippen LogP contribution in [0.1, 0.15) is 5.56 Å². The number of thioether (sulfide) groups is 1. The molecule has 0 aliphatic rings. The Morgan fingerprint density at radius 1 is 1.11 bits per heavy atom. The van der Waals surface area contributed by atoms with Crippen LogP contribution >= 0.6 is 23.4 Å². The fourth-order valence-electron chi connectivity index (χ4n) is 1.39. The van der Waals surface area contributed by atoms with Crippen molar-refractivity contribution in [2.45, 2.75) is 10.8 Å². The van der Waals surface area contributed by atoms with E-state index in [0.717, 1.165) is 16.3 Å². The lowest BCUT2D eigenvalue weighted by atomic mass is 9.80. The number of pyridine rings is 1. The molecule has 0 aliphatic carbocycles. The van der Waals surface area contributed by atoms with E-state index in [9.17, 15) is 0 Å². The Hall–Kier alpha value is -1.01. The Morgan fingerprint density at radius 3 is 2.39 bits per heavy atom. The Morgan fingerprint density at radius 2 is 1.83 bits per heavy atom. The molecule has 18 heavy (non-hydrogen) atoms. The highest BCUT2D eigenvalue weighted by Crippen LogP contribution is 2.21. The molecule has 1 aromatic carbocycles. The van der Waals surface area contributed by atoms with E-state index in [0.29, 0.717) is 10.5 Å². The maximum absolute atomic E-state index is 8.98. The maximum Gasteiger partial charge on any atom is 0.488 e. The third-order valence-corrected chi connectivity index (χ3v) is 3.60. The average Bonchev–Trinajstić information content (AvgIpc) is 2.38. The quantitative estimate of drug-likeness (QED) is 0.661. The van der Waals surface area contributed by atoms with Crippen LogP contribution in [0.25, 0.3) is 0 Å². The lowest BCUT2D eigenvalue weighted by Crippen LogP contribution is -2.29. The van der Waals surface area contributed by atoms with Gasteiger partial charge in [0, 0.05) is 11.9 Å². The Labute approximate surface area is 115 Å². The molecule has 6 heteroatoms. The number of hydrogen-bond acceptors (Lipinski definition) is 4. The summed E-state index contributed by atoms with van der Waals surface area (Å²) in [5.74, 6) is 0.774. The first-order valence-electron chi connectivity index (χ1n) is 5.34. The number of rotatable bonds is 4. The van der Waals surface area contributed by atoms with Gasteiger partial charge in [0.05, 0.1) is 10.0 Å². The highest BCUT2D eigenvalue weighted by molar-refractivity contribution is 7.98. The predicted octanol–water partition coefficient (Wildman–Crippen LogP) is 1.71. The van der Waals surface area contributed by atoms with Crippen LogP contribution in [-0.2, 0) is 5.75 Å². The van der Waals surface area contributed by atoms with E-state index < -0.39 is 7.12 Å². The largest absolute Gasteiger partial charge is 0.488 e. The molecule has 0 atom stereocenters. The van der Waals surface area contributed by atoms with Crippen molar-refractivity contribution < 1.29 is 10.0 Å². The SMILES string of the molecule is OB(O)c1ccc(CSc2ccc(Cl)cn2)cc1. The van der Waals surface area contributed by atoms with Gasteiger partial charge in [0.25, 0.3) is 0 Å². The van der Waals surface area contributed by atoms with Crippen LogP contribution in [0.2, 0.25) is 5.02 Å². The van der Waals surface area contributed by atoms with E-state index in [2.05, 4.69) is 4.98 Å². The fraction of sp³-hybridized carbons (Fsp3) is 0.0833. The van der Waals surface area contributed by atoms with Gasteiger partial charge >= 0.3 is 7.12 Å². The maximum atomic E-state index is 8.98. The van der Waals surface area contributed by atoms with Gasteiger partial charge < -0.3 is 10.0 Å². The third kappa shape index (κ3) is 3.75. The molecule has 3 nitrogen and oxygen atoms in total. The first kappa shape index (κ1) is 13.4. The van der Waals surface area contributed by atoms with E-state index >= 15 is 0 Å². The summed E-state index contributed by atoms with van der Waals surface area (Å²) in [5.41, 5.74) is 1.59. The molecular formula is C12H11BClNO2S. The Bertz CT molecular complexity index is 504. The second-order valence-corrected chi connectivity index (χ2v) is 5.15. The van der Waals surface area contributed by atoms with Crippen molar-refractivity contribution in [3.8, 4) is 0 Å². The van der Waals surface area contributed by atoms with Gasteiger partial charge in [-0.3, -0.25) is 0 Å². The summed E-state index contributed by atoms with van der Waals surface area (Å²) < 4.78 is 0. The van der Waals surface area contributed by atoms with Crippen LogP contribution in [0.15, 0.2) is 47.6 Å². The van der Waals surface area contributed by atoms with Gasteiger partial charge in [-0.1, -0.05) is 35.9 Å². The summed E-state index contributed by atoms with van der Waals surface area (Å²) in [4.78, 5) is 4.19. The molecule has 92 valence electrons. The van der Waals surface area contributed by atoms with E-state index in [1.165, 1.54) is 0 Å². The van der Waals surface area contributed by atoms with E-state index in [-0.39, 0.29) is 0 Å². The fourth-order valence-corrected chi connectivity index (χ4v) is 2.30. The lowest BCUT2D eigenvalue weighted by Gasteiger charge is -2.03. The summed E-state index contributed by atoms with van der Waals surface area (Å²) in [5, 5.41) is 19.5. The smallest absolute Gasteiger partial charge is 0.423 e. The molecule has 0 spiro atoms. The molecule has 0 fully saturated rings. The molecule has 1 heterocycles. The van der Waals surface area contributed by atoms with Crippen LogP contribution in [-0.4, -0.2) is 22.2 Å². The predicted molar refractivity (Wildman–Crippen MR) is 75.1 cm³/mol. The minimum atomic E-state index is -1.41. The molecule has 1 aromatic heterocycles.